The first-order valence-corrected chi connectivity index (χ1v) is 8.20. The van der Waals surface area contributed by atoms with Crippen molar-refractivity contribution in [3.63, 3.8) is 0 Å². The Kier molecular flexibility index (Phi) is 3.62. The number of nitrogens with two attached hydrogens (primary N) is 1. The smallest absolute Gasteiger partial charge is 0.409 e. The Morgan fingerprint density at radius 1 is 1.30 bits per heavy atom. The van der Waals surface area contributed by atoms with Gasteiger partial charge in [0.1, 0.15) is 0 Å². The van der Waals surface area contributed by atoms with E-state index in [0.717, 1.165) is 32.1 Å². The number of fused-ring (bicyclic) bond motifs is 3. The van der Waals surface area contributed by atoms with Crippen LogP contribution in [0.25, 0.3) is 0 Å². The molecule has 0 aromatic heterocycles. The van der Waals surface area contributed by atoms with E-state index in [2.05, 4.69) is 12.2 Å². The van der Waals surface area contributed by atoms with Crippen LogP contribution in [0.5, 0.6) is 0 Å². The number of primary amides is 1. The summed E-state index contributed by atoms with van der Waals surface area (Å²) in [5.74, 6) is -0.00878. The quantitative estimate of drug-likeness (QED) is 0.781. The van der Waals surface area contributed by atoms with Gasteiger partial charge in [0.2, 0.25) is 5.91 Å². The highest BCUT2D eigenvalue weighted by atomic mass is 16.4. The number of amides is 2. The highest BCUT2D eigenvalue weighted by molar-refractivity contribution is 5.83. The third kappa shape index (κ3) is 2.38. The second kappa shape index (κ2) is 5.25. The van der Waals surface area contributed by atoms with Crippen molar-refractivity contribution in [2.24, 2.45) is 17.1 Å². The summed E-state index contributed by atoms with van der Waals surface area (Å²) in [6.07, 6.45) is 3.60. The van der Waals surface area contributed by atoms with Crippen molar-refractivity contribution in [1.29, 1.82) is 0 Å². The fraction of sp³-hybridized carbons (Fsp3) is 0.556. The maximum absolute atomic E-state index is 12.1. The largest absolute Gasteiger partial charge is 0.465 e. The number of hydrogen-bond donors (Lipinski definition) is 3. The fourth-order valence-corrected chi connectivity index (χ4v) is 4.96. The van der Waals surface area contributed by atoms with Crippen LogP contribution in [-0.2, 0) is 16.6 Å². The van der Waals surface area contributed by atoms with E-state index >= 15 is 0 Å². The van der Waals surface area contributed by atoms with Crippen LogP contribution in [0.15, 0.2) is 18.2 Å². The normalized spacial score (nSPS) is 32.5. The predicted octanol–water partition coefficient (Wildman–Crippen LogP) is 3.27. The molecular formula is C18H24N2O3. The van der Waals surface area contributed by atoms with Gasteiger partial charge in [-0.3, -0.25) is 10.1 Å². The Hall–Kier alpha value is -2.04. The zero-order chi connectivity index (χ0) is 16.8. The van der Waals surface area contributed by atoms with Gasteiger partial charge in [-0.25, -0.2) is 4.79 Å². The summed E-state index contributed by atoms with van der Waals surface area (Å²) in [6, 6.07) is 5.77. The molecule has 23 heavy (non-hydrogen) atoms. The first kappa shape index (κ1) is 15.8. The van der Waals surface area contributed by atoms with E-state index in [1.807, 2.05) is 25.1 Å². The minimum Gasteiger partial charge on any atom is -0.465 e. The Labute approximate surface area is 136 Å². The van der Waals surface area contributed by atoms with Crippen molar-refractivity contribution in [3.8, 4) is 0 Å². The van der Waals surface area contributed by atoms with Crippen LogP contribution >= 0.6 is 0 Å². The van der Waals surface area contributed by atoms with Gasteiger partial charge >= 0.3 is 6.09 Å². The molecule has 3 rings (SSSR count). The van der Waals surface area contributed by atoms with Crippen molar-refractivity contribution in [2.45, 2.75) is 51.4 Å². The van der Waals surface area contributed by atoms with Crippen LogP contribution in [0, 0.1) is 11.3 Å². The number of rotatable bonds is 2. The van der Waals surface area contributed by atoms with Gasteiger partial charge in [-0.1, -0.05) is 26.3 Å². The van der Waals surface area contributed by atoms with E-state index in [-0.39, 0.29) is 17.2 Å². The molecule has 1 aromatic rings. The molecule has 0 unspecified atom stereocenters. The summed E-state index contributed by atoms with van der Waals surface area (Å²) in [6.45, 7) is 4.21. The van der Waals surface area contributed by atoms with E-state index in [1.165, 1.54) is 11.1 Å². The maximum atomic E-state index is 12.1. The zero-order valence-electron chi connectivity index (χ0n) is 13.7. The molecule has 0 radical (unpaired) electrons. The van der Waals surface area contributed by atoms with Gasteiger partial charge in [0.15, 0.2) is 0 Å². The highest BCUT2D eigenvalue weighted by Gasteiger charge is 2.54. The average molecular weight is 316 g/mol. The Morgan fingerprint density at radius 2 is 2.04 bits per heavy atom. The van der Waals surface area contributed by atoms with Crippen molar-refractivity contribution in [1.82, 2.24) is 0 Å². The van der Waals surface area contributed by atoms with Crippen LogP contribution in [0.2, 0.25) is 0 Å². The Balaban J connectivity index is 2.07. The molecule has 1 saturated carbocycles. The molecule has 1 aromatic carbocycles. The molecule has 2 aliphatic carbocycles. The number of carboxylic acid groups (broad SMARTS) is 1. The molecular weight excluding hydrogens is 292 g/mol. The third-order valence-corrected chi connectivity index (χ3v) is 6.17. The summed E-state index contributed by atoms with van der Waals surface area (Å²) in [5.41, 5.74) is 8.15. The standard InChI is InChI=1S/C18H24N2O3/c1-17-8-3-9-18(2,15(19)21)14(17)7-5-11-4-6-12(10-13(11)17)20-16(22)23/h4,6,10,14,20H,3,5,7-9H2,1-2H3,(H2,19,21)(H,22,23)/t14-,17-,18+/m1/s1. The summed E-state index contributed by atoms with van der Waals surface area (Å²) in [4.78, 5) is 23.0. The monoisotopic (exact) mass is 316 g/mol. The van der Waals surface area contributed by atoms with E-state index in [1.54, 1.807) is 0 Å². The summed E-state index contributed by atoms with van der Waals surface area (Å²) in [5, 5.41) is 11.4. The molecule has 0 aliphatic heterocycles. The molecule has 5 heteroatoms. The molecule has 5 nitrogen and oxygen atoms in total. The zero-order valence-corrected chi connectivity index (χ0v) is 13.7. The number of anilines is 1. The molecule has 0 bridgehead atoms. The molecule has 124 valence electrons. The van der Waals surface area contributed by atoms with Gasteiger partial charge in [-0.2, -0.15) is 0 Å². The van der Waals surface area contributed by atoms with Gasteiger partial charge in [0.25, 0.3) is 0 Å². The van der Waals surface area contributed by atoms with Gasteiger partial charge in [-0.15, -0.1) is 0 Å². The van der Waals surface area contributed by atoms with Crippen molar-refractivity contribution < 1.29 is 14.7 Å². The minimum atomic E-state index is -1.06. The topological polar surface area (TPSA) is 92.4 Å². The SMILES string of the molecule is C[C@]1(C(N)=O)CCC[C@]2(C)c3cc(NC(=O)O)ccc3CC[C@@H]12. The van der Waals surface area contributed by atoms with Crippen LogP contribution in [-0.4, -0.2) is 17.1 Å². The summed E-state index contributed by atoms with van der Waals surface area (Å²) in [7, 11) is 0. The van der Waals surface area contributed by atoms with Gasteiger partial charge in [-0.05, 0) is 60.3 Å². The van der Waals surface area contributed by atoms with Gasteiger partial charge < -0.3 is 10.8 Å². The molecule has 2 amide bonds. The van der Waals surface area contributed by atoms with Crippen LogP contribution in [0.3, 0.4) is 0 Å². The number of hydrogen-bond acceptors (Lipinski definition) is 2. The van der Waals surface area contributed by atoms with Crippen molar-refractivity contribution >= 4 is 17.7 Å². The first-order valence-electron chi connectivity index (χ1n) is 8.20. The molecule has 0 heterocycles. The lowest BCUT2D eigenvalue weighted by atomic mass is 9.49. The number of benzene rings is 1. The minimum absolute atomic E-state index is 0.133. The van der Waals surface area contributed by atoms with Gasteiger partial charge in [0.05, 0.1) is 0 Å². The van der Waals surface area contributed by atoms with E-state index in [0.29, 0.717) is 5.69 Å². The molecule has 4 N–H and O–H groups in total. The van der Waals surface area contributed by atoms with Crippen LogP contribution < -0.4 is 11.1 Å². The highest BCUT2D eigenvalue weighted by Crippen LogP contribution is 2.57. The second-order valence-electron chi connectivity index (χ2n) is 7.45. The maximum Gasteiger partial charge on any atom is 0.409 e. The molecule has 0 spiro atoms. The van der Waals surface area contributed by atoms with Crippen LogP contribution in [0.1, 0.15) is 50.7 Å². The lowest BCUT2D eigenvalue weighted by molar-refractivity contribution is -0.135. The van der Waals surface area contributed by atoms with Gasteiger partial charge in [0, 0.05) is 11.1 Å². The summed E-state index contributed by atoms with van der Waals surface area (Å²) >= 11 is 0. The molecule has 3 atom stereocenters. The number of aryl methyl sites for hydroxylation is 1. The Bertz CT molecular complexity index is 672. The number of carbonyl (C=O) groups excluding carboxylic acids is 1. The Morgan fingerprint density at radius 3 is 2.70 bits per heavy atom. The number of nitrogens with one attached hydrogen (secondary N) is 1. The molecule has 1 fully saturated rings. The lowest BCUT2D eigenvalue weighted by Gasteiger charge is -2.54. The van der Waals surface area contributed by atoms with Crippen molar-refractivity contribution in [2.75, 3.05) is 5.32 Å². The van der Waals surface area contributed by atoms with Crippen molar-refractivity contribution in [3.05, 3.63) is 29.3 Å². The summed E-state index contributed by atoms with van der Waals surface area (Å²) < 4.78 is 0. The van der Waals surface area contributed by atoms with E-state index < -0.39 is 11.5 Å². The molecule has 0 saturated heterocycles. The first-order chi connectivity index (χ1) is 10.8. The van der Waals surface area contributed by atoms with E-state index in [4.69, 9.17) is 10.8 Å². The fourth-order valence-electron chi connectivity index (χ4n) is 4.96. The predicted molar refractivity (Wildman–Crippen MR) is 88.4 cm³/mol. The van der Waals surface area contributed by atoms with Crippen LogP contribution in [0.4, 0.5) is 10.5 Å². The second-order valence-corrected chi connectivity index (χ2v) is 7.45. The average Bonchev–Trinajstić information content (AvgIpc) is 2.47. The lowest BCUT2D eigenvalue weighted by Crippen LogP contribution is -2.54. The number of carbonyl (C=O) groups is 2. The van der Waals surface area contributed by atoms with E-state index in [9.17, 15) is 9.59 Å². The third-order valence-electron chi connectivity index (χ3n) is 6.17. The molecule has 2 aliphatic rings.